The van der Waals surface area contributed by atoms with E-state index in [1.807, 2.05) is 0 Å². The summed E-state index contributed by atoms with van der Waals surface area (Å²) in [6.07, 6.45) is 3.56. The molecular weight excluding hydrogens is 270 g/mol. The van der Waals surface area contributed by atoms with Crippen molar-refractivity contribution in [3.8, 4) is 0 Å². The first-order chi connectivity index (χ1) is 9.80. The lowest BCUT2D eigenvalue weighted by Crippen LogP contribution is -2.46. The molecule has 2 heterocycles. The first-order valence-corrected chi connectivity index (χ1v) is 8.65. The zero-order valence-corrected chi connectivity index (χ0v) is 13.2. The summed E-state index contributed by atoms with van der Waals surface area (Å²) in [5.41, 5.74) is 1.20. The van der Waals surface area contributed by atoms with Gasteiger partial charge in [0.15, 0.2) is 0 Å². The Labute approximate surface area is 125 Å². The zero-order chi connectivity index (χ0) is 13.9. The van der Waals surface area contributed by atoms with E-state index in [0.717, 1.165) is 17.8 Å². The topological polar surface area (TPSA) is 39.6 Å². The summed E-state index contributed by atoms with van der Waals surface area (Å²) in [4.78, 5) is 10.9. The normalized spacial score (nSPS) is 21.5. The van der Waals surface area contributed by atoms with Gasteiger partial charge in [0, 0.05) is 45.1 Å². The molecule has 2 fully saturated rings. The first kappa shape index (κ1) is 14.4. The minimum Gasteiger partial charge on any atom is -0.391 e. The predicted molar refractivity (Wildman–Crippen MR) is 82.3 cm³/mol. The van der Waals surface area contributed by atoms with Crippen LogP contribution in [0.1, 0.15) is 41.3 Å². The smallest absolute Gasteiger partial charge is 0.0944 e. The van der Waals surface area contributed by atoms with Gasteiger partial charge < -0.3 is 14.9 Å². The summed E-state index contributed by atoms with van der Waals surface area (Å²) in [5.74, 6) is 0.648. The number of thiazole rings is 1. The third kappa shape index (κ3) is 3.39. The average molecular weight is 295 g/mol. The number of rotatable bonds is 6. The highest BCUT2D eigenvalue weighted by Crippen LogP contribution is 2.42. The van der Waals surface area contributed by atoms with Crippen LogP contribution in [0.4, 0.5) is 0 Å². The molecule has 0 radical (unpaired) electrons. The van der Waals surface area contributed by atoms with Gasteiger partial charge >= 0.3 is 0 Å². The maximum Gasteiger partial charge on any atom is 0.0944 e. The maximum absolute atomic E-state index is 9.44. The van der Waals surface area contributed by atoms with Crippen LogP contribution in [-0.4, -0.2) is 59.2 Å². The number of aliphatic hydroxyl groups excluding tert-OH is 1. The van der Waals surface area contributed by atoms with E-state index in [2.05, 4.69) is 16.7 Å². The van der Waals surface area contributed by atoms with Crippen LogP contribution in [-0.2, 0) is 13.0 Å². The fourth-order valence-corrected chi connectivity index (χ4v) is 3.90. The lowest BCUT2D eigenvalue weighted by Gasteiger charge is -2.33. The molecule has 1 aromatic heterocycles. The Bertz CT molecular complexity index is 436. The van der Waals surface area contributed by atoms with Gasteiger partial charge in [-0.1, -0.05) is 6.92 Å². The van der Waals surface area contributed by atoms with Crippen molar-refractivity contribution in [3.05, 3.63) is 15.6 Å². The summed E-state index contributed by atoms with van der Waals surface area (Å²) in [5, 5.41) is 10.7. The summed E-state index contributed by atoms with van der Waals surface area (Å²) < 4.78 is 0. The van der Waals surface area contributed by atoms with Crippen LogP contribution in [0.2, 0.25) is 0 Å². The quantitative estimate of drug-likeness (QED) is 0.867. The Morgan fingerprint density at radius 2 is 1.90 bits per heavy atom. The summed E-state index contributed by atoms with van der Waals surface area (Å²) >= 11 is 1.72. The van der Waals surface area contributed by atoms with Crippen molar-refractivity contribution in [1.82, 2.24) is 14.8 Å². The molecule has 0 atom stereocenters. The van der Waals surface area contributed by atoms with Gasteiger partial charge in [0.1, 0.15) is 0 Å². The average Bonchev–Trinajstić information content (AvgIpc) is 3.26. The monoisotopic (exact) mass is 295 g/mol. The molecule has 0 bridgehead atoms. The molecule has 1 saturated carbocycles. The minimum atomic E-state index is 0.165. The zero-order valence-electron chi connectivity index (χ0n) is 12.3. The molecule has 112 valence electrons. The van der Waals surface area contributed by atoms with E-state index in [1.165, 1.54) is 56.3 Å². The van der Waals surface area contributed by atoms with Crippen LogP contribution in [0.5, 0.6) is 0 Å². The van der Waals surface area contributed by atoms with Gasteiger partial charge in [-0.15, -0.1) is 11.3 Å². The number of hydrogen-bond acceptors (Lipinski definition) is 5. The van der Waals surface area contributed by atoms with Crippen LogP contribution in [0.25, 0.3) is 0 Å². The van der Waals surface area contributed by atoms with Crippen molar-refractivity contribution < 1.29 is 5.11 Å². The molecule has 1 saturated heterocycles. The Morgan fingerprint density at radius 1 is 1.20 bits per heavy atom. The molecule has 1 aliphatic carbocycles. The van der Waals surface area contributed by atoms with Crippen LogP contribution in [0.15, 0.2) is 0 Å². The molecule has 1 aromatic rings. The molecule has 0 unspecified atom stereocenters. The molecule has 1 aliphatic heterocycles. The molecule has 5 heteroatoms. The second-order valence-corrected chi connectivity index (χ2v) is 7.04. The lowest BCUT2D eigenvalue weighted by molar-refractivity contribution is 0.138. The van der Waals surface area contributed by atoms with E-state index in [1.54, 1.807) is 11.3 Å². The molecule has 20 heavy (non-hydrogen) atoms. The fraction of sp³-hybridized carbons (Fsp3) is 0.800. The van der Waals surface area contributed by atoms with E-state index in [9.17, 15) is 5.11 Å². The number of nitrogens with zero attached hydrogens (tertiary/aromatic N) is 3. The van der Waals surface area contributed by atoms with Gasteiger partial charge in [0.25, 0.3) is 0 Å². The number of aliphatic hydroxyl groups is 1. The van der Waals surface area contributed by atoms with Crippen molar-refractivity contribution in [3.63, 3.8) is 0 Å². The highest BCUT2D eigenvalue weighted by atomic mass is 32.1. The standard InChI is InChI=1S/C15H25N3OS/c1-2-17-7-9-18(10-8-17)6-5-14-16-15(12-3-4-12)13(11-19)20-14/h12,19H,2-11H2,1H3. The molecule has 0 spiro atoms. The van der Waals surface area contributed by atoms with Gasteiger partial charge in [0.2, 0.25) is 0 Å². The second kappa shape index (κ2) is 6.52. The summed E-state index contributed by atoms with van der Waals surface area (Å²) in [6, 6.07) is 0. The highest BCUT2D eigenvalue weighted by molar-refractivity contribution is 7.11. The predicted octanol–water partition coefficient (Wildman–Crippen LogP) is 1.69. The number of likely N-dealkylation sites (N-methyl/N-ethyl adjacent to an activating group) is 1. The van der Waals surface area contributed by atoms with Crippen molar-refractivity contribution in [2.75, 3.05) is 39.3 Å². The number of hydrogen-bond donors (Lipinski definition) is 1. The molecule has 3 rings (SSSR count). The third-order valence-electron chi connectivity index (χ3n) is 4.43. The number of piperazine rings is 1. The second-order valence-electron chi connectivity index (χ2n) is 5.87. The SMILES string of the molecule is CCN1CCN(CCc2nc(C3CC3)c(CO)s2)CC1. The molecule has 1 N–H and O–H groups in total. The van der Waals surface area contributed by atoms with Gasteiger partial charge in [-0.05, 0) is 19.4 Å². The van der Waals surface area contributed by atoms with E-state index in [0.29, 0.717) is 5.92 Å². The summed E-state index contributed by atoms with van der Waals surface area (Å²) in [6.45, 7) is 9.45. The molecule has 0 aromatic carbocycles. The van der Waals surface area contributed by atoms with Crippen molar-refractivity contribution in [1.29, 1.82) is 0 Å². The molecule has 0 amide bonds. The maximum atomic E-state index is 9.44. The van der Waals surface area contributed by atoms with Crippen molar-refractivity contribution in [2.24, 2.45) is 0 Å². The van der Waals surface area contributed by atoms with Crippen LogP contribution >= 0.6 is 11.3 Å². The van der Waals surface area contributed by atoms with Gasteiger partial charge in [0.05, 0.1) is 22.2 Å². The Balaban J connectivity index is 1.51. The summed E-state index contributed by atoms with van der Waals surface area (Å²) in [7, 11) is 0. The molecule has 4 nitrogen and oxygen atoms in total. The fourth-order valence-electron chi connectivity index (χ4n) is 2.89. The van der Waals surface area contributed by atoms with Crippen molar-refractivity contribution in [2.45, 2.75) is 38.7 Å². The largest absolute Gasteiger partial charge is 0.391 e. The van der Waals surface area contributed by atoms with E-state index in [4.69, 9.17) is 4.98 Å². The van der Waals surface area contributed by atoms with E-state index < -0.39 is 0 Å². The lowest BCUT2D eigenvalue weighted by atomic mass is 10.2. The van der Waals surface area contributed by atoms with E-state index >= 15 is 0 Å². The van der Waals surface area contributed by atoms with Gasteiger partial charge in [-0.25, -0.2) is 4.98 Å². The van der Waals surface area contributed by atoms with Crippen LogP contribution in [0.3, 0.4) is 0 Å². The highest BCUT2D eigenvalue weighted by Gasteiger charge is 2.29. The van der Waals surface area contributed by atoms with Gasteiger partial charge in [-0.3, -0.25) is 0 Å². The van der Waals surface area contributed by atoms with Gasteiger partial charge in [-0.2, -0.15) is 0 Å². The first-order valence-electron chi connectivity index (χ1n) is 7.84. The minimum absolute atomic E-state index is 0.165. The Morgan fingerprint density at radius 3 is 2.50 bits per heavy atom. The number of aromatic nitrogens is 1. The van der Waals surface area contributed by atoms with Crippen LogP contribution < -0.4 is 0 Å². The third-order valence-corrected chi connectivity index (χ3v) is 5.55. The molecule has 2 aliphatic rings. The van der Waals surface area contributed by atoms with Crippen molar-refractivity contribution >= 4 is 11.3 Å². The molecular formula is C15H25N3OS. The Hall–Kier alpha value is -0.490. The van der Waals surface area contributed by atoms with Crippen LogP contribution in [0, 0.1) is 0 Å². The van der Waals surface area contributed by atoms with E-state index in [-0.39, 0.29) is 6.61 Å². The Kier molecular flexibility index (Phi) is 4.71.